The van der Waals surface area contributed by atoms with Crippen LogP contribution in [0.2, 0.25) is 0 Å². The summed E-state index contributed by atoms with van der Waals surface area (Å²) in [5.41, 5.74) is 0.674. The summed E-state index contributed by atoms with van der Waals surface area (Å²) in [7, 11) is 0. The summed E-state index contributed by atoms with van der Waals surface area (Å²) in [4.78, 5) is 26.2. The van der Waals surface area contributed by atoms with Crippen LogP contribution in [0.1, 0.15) is 5.56 Å². The van der Waals surface area contributed by atoms with E-state index >= 15 is 0 Å². The van der Waals surface area contributed by atoms with Gasteiger partial charge >= 0.3 is 5.97 Å². The third-order valence-corrected chi connectivity index (χ3v) is 2.58. The maximum atomic E-state index is 11.6. The molecule has 0 aliphatic carbocycles. The molecule has 0 spiro atoms. The van der Waals surface area contributed by atoms with Crippen LogP contribution in [0.4, 0.5) is 5.82 Å². The number of carbonyl (C=O) groups is 2. The molecule has 0 aliphatic heterocycles. The second kappa shape index (κ2) is 7.04. The van der Waals surface area contributed by atoms with E-state index < -0.39 is 5.97 Å². The number of anilines is 1. The molecule has 0 unspecified atom stereocenters. The number of benzene rings is 1. The van der Waals surface area contributed by atoms with E-state index in [9.17, 15) is 9.59 Å². The van der Waals surface area contributed by atoms with Crippen LogP contribution in [0.3, 0.4) is 0 Å². The fraction of sp³-hybridized carbons (Fsp3) is 0.133. The van der Waals surface area contributed by atoms with Crippen LogP contribution in [0, 0.1) is 0 Å². The van der Waals surface area contributed by atoms with Gasteiger partial charge < -0.3 is 15.2 Å². The second-order valence-electron chi connectivity index (χ2n) is 4.27. The Kier molecular flexibility index (Phi) is 4.87. The van der Waals surface area contributed by atoms with Crippen LogP contribution in [0.15, 0.2) is 48.7 Å². The lowest BCUT2D eigenvalue weighted by molar-refractivity contribution is -0.136. The Morgan fingerprint density at radius 1 is 1.14 bits per heavy atom. The van der Waals surface area contributed by atoms with Crippen molar-refractivity contribution in [3.8, 4) is 5.75 Å². The highest BCUT2D eigenvalue weighted by molar-refractivity contribution is 5.90. The first-order valence-electron chi connectivity index (χ1n) is 6.28. The Balaban J connectivity index is 1.82. The number of nitrogens with one attached hydrogen (secondary N) is 1. The maximum Gasteiger partial charge on any atom is 0.307 e. The number of carbonyl (C=O) groups excluding carboxylic acids is 1. The van der Waals surface area contributed by atoms with E-state index in [1.165, 1.54) is 0 Å². The first kappa shape index (κ1) is 14.5. The molecule has 2 aromatic rings. The van der Waals surface area contributed by atoms with Gasteiger partial charge in [0, 0.05) is 6.20 Å². The Morgan fingerprint density at radius 2 is 1.90 bits per heavy atom. The van der Waals surface area contributed by atoms with Gasteiger partial charge in [0.1, 0.15) is 11.6 Å². The van der Waals surface area contributed by atoms with E-state index in [4.69, 9.17) is 9.84 Å². The SMILES string of the molecule is O=C(O)Cc1ccc(OCC(=O)Nc2ccccn2)cc1. The van der Waals surface area contributed by atoms with E-state index in [0.29, 0.717) is 17.1 Å². The van der Waals surface area contributed by atoms with Crippen LogP contribution in [0.5, 0.6) is 5.75 Å². The molecule has 0 saturated heterocycles. The van der Waals surface area contributed by atoms with Crippen molar-refractivity contribution in [3.63, 3.8) is 0 Å². The molecule has 0 bridgehead atoms. The molecule has 0 atom stereocenters. The molecule has 21 heavy (non-hydrogen) atoms. The predicted octanol–water partition coefficient (Wildman–Crippen LogP) is 1.73. The van der Waals surface area contributed by atoms with Crippen LogP contribution in [0.25, 0.3) is 0 Å². The fourth-order valence-corrected chi connectivity index (χ4v) is 1.64. The number of aliphatic carboxylic acids is 1. The molecule has 1 aromatic carbocycles. The summed E-state index contributed by atoms with van der Waals surface area (Å²) in [6.45, 7) is -0.144. The number of carboxylic acids is 1. The van der Waals surface area contributed by atoms with Gasteiger partial charge in [0.2, 0.25) is 0 Å². The van der Waals surface area contributed by atoms with Crippen molar-refractivity contribution in [2.75, 3.05) is 11.9 Å². The largest absolute Gasteiger partial charge is 0.484 e. The van der Waals surface area contributed by atoms with Gasteiger partial charge in [0.05, 0.1) is 6.42 Å². The van der Waals surface area contributed by atoms with Crippen LogP contribution < -0.4 is 10.1 Å². The van der Waals surface area contributed by atoms with Gasteiger partial charge in [0.15, 0.2) is 6.61 Å². The number of amides is 1. The minimum absolute atomic E-state index is 0.0412. The first-order valence-corrected chi connectivity index (χ1v) is 6.28. The lowest BCUT2D eigenvalue weighted by Gasteiger charge is -2.07. The molecule has 6 heteroatoms. The minimum Gasteiger partial charge on any atom is -0.484 e. The average Bonchev–Trinajstić information content (AvgIpc) is 2.47. The van der Waals surface area contributed by atoms with Crippen molar-refractivity contribution in [1.82, 2.24) is 4.98 Å². The second-order valence-corrected chi connectivity index (χ2v) is 4.27. The highest BCUT2D eigenvalue weighted by atomic mass is 16.5. The van der Waals surface area contributed by atoms with Crippen LogP contribution >= 0.6 is 0 Å². The van der Waals surface area contributed by atoms with Gasteiger partial charge in [0.25, 0.3) is 5.91 Å². The zero-order valence-corrected chi connectivity index (χ0v) is 11.2. The topological polar surface area (TPSA) is 88.5 Å². The van der Waals surface area contributed by atoms with E-state index in [-0.39, 0.29) is 18.9 Å². The summed E-state index contributed by atoms with van der Waals surface area (Å²) in [5.74, 6) is -0.245. The Morgan fingerprint density at radius 3 is 2.52 bits per heavy atom. The number of nitrogens with zero attached hydrogens (tertiary/aromatic N) is 1. The van der Waals surface area contributed by atoms with Gasteiger partial charge in [-0.05, 0) is 29.8 Å². The number of pyridine rings is 1. The third-order valence-electron chi connectivity index (χ3n) is 2.58. The Labute approximate surface area is 121 Å². The van der Waals surface area contributed by atoms with Crippen molar-refractivity contribution < 1.29 is 19.4 Å². The van der Waals surface area contributed by atoms with Gasteiger partial charge in [-0.2, -0.15) is 0 Å². The molecule has 0 aliphatic rings. The normalized spacial score (nSPS) is 9.90. The summed E-state index contributed by atoms with van der Waals surface area (Å²) < 4.78 is 5.31. The van der Waals surface area contributed by atoms with E-state index in [1.807, 2.05) is 0 Å². The summed E-state index contributed by atoms with van der Waals surface area (Å²) >= 11 is 0. The molecule has 2 rings (SSSR count). The van der Waals surface area contributed by atoms with Gasteiger partial charge in [-0.1, -0.05) is 18.2 Å². The molecule has 6 nitrogen and oxygen atoms in total. The number of carboxylic acid groups (broad SMARTS) is 1. The molecule has 2 N–H and O–H groups in total. The Hall–Kier alpha value is -2.89. The minimum atomic E-state index is -0.890. The summed E-state index contributed by atoms with van der Waals surface area (Å²) in [5, 5.41) is 11.3. The first-order chi connectivity index (χ1) is 10.1. The lowest BCUT2D eigenvalue weighted by atomic mass is 10.1. The van der Waals surface area contributed by atoms with Crippen molar-refractivity contribution >= 4 is 17.7 Å². The number of hydrogen-bond acceptors (Lipinski definition) is 4. The monoisotopic (exact) mass is 286 g/mol. The zero-order valence-electron chi connectivity index (χ0n) is 11.2. The van der Waals surface area contributed by atoms with Crippen molar-refractivity contribution in [1.29, 1.82) is 0 Å². The van der Waals surface area contributed by atoms with Gasteiger partial charge in [-0.3, -0.25) is 9.59 Å². The van der Waals surface area contributed by atoms with E-state index in [0.717, 1.165) is 0 Å². The molecule has 108 valence electrons. The molecular formula is C15H14N2O4. The lowest BCUT2D eigenvalue weighted by Crippen LogP contribution is -2.20. The van der Waals surface area contributed by atoms with E-state index in [2.05, 4.69) is 10.3 Å². The predicted molar refractivity (Wildman–Crippen MR) is 76.1 cm³/mol. The standard InChI is InChI=1S/C15H14N2O4/c18-14(17-13-3-1-2-8-16-13)10-21-12-6-4-11(5-7-12)9-15(19)20/h1-8H,9-10H2,(H,19,20)(H,16,17,18). The smallest absolute Gasteiger partial charge is 0.307 e. The molecule has 1 aromatic heterocycles. The molecule has 0 radical (unpaired) electrons. The maximum absolute atomic E-state index is 11.6. The quantitative estimate of drug-likeness (QED) is 0.844. The van der Waals surface area contributed by atoms with Crippen molar-refractivity contribution in [3.05, 3.63) is 54.2 Å². The molecule has 1 amide bonds. The van der Waals surface area contributed by atoms with Crippen molar-refractivity contribution in [2.45, 2.75) is 6.42 Å². The van der Waals surface area contributed by atoms with Crippen molar-refractivity contribution in [2.24, 2.45) is 0 Å². The number of ether oxygens (including phenoxy) is 1. The molecular weight excluding hydrogens is 272 g/mol. The molecule has 0 fully saturated rings. The molecule has 1 heterocycles. The third kappa shape index (κ3) is 4.94. The highest BCUT2D eigenvalue weighted by Crippen LogP contribution is 2.12. The highest BCUT2D eigenvalue weighted by Gasteiger charge is 2.05. The van der Waals surface area contributed by atoms with Gasteiger partial charge in [-0.15, -0.1) is 0 Å². The van der Waals surface area contributed by atoms with Crippen LogP contribution in [-0.2, 0) is 16.0 Å². The Bertz CT molecular complexity index is 611. The zero-order chi connectivity index (χ0) is 15.1. The molecule has 0 saturated carbocycles. The van der Waals surface area contributed by atoms with Gasteiger partial charge in [-0.25, -0.2) is 4.98 Å². The van der Waals surface area contributed by atoms with Crippen LogP contribution in [-0.4, -0.2) is 28.6 Å². The number of rotatable bonds is 6. The summed E-state index contributed by atoms with van der Waals surface area (Å²) in [6.07, 6.45) is 1.54. The summed E-state index contributed by atoms with van der Waals surface area (Å²) in [6, 6.07) is 11.8. The fourth-order valence-electron chi connectivity index (χ4n) is 1.64. The number of aromatic nitrogens is 1. The average molecular weight is 286 g/mol. The number of hydrogen-bond donors (Lipinski definition) is 2. The van der Waals surface area contributed by atoms with E-state index in [1.54, 1.807) is 48.7 Å².